The summed E-state index contributed by atoms with van der Waals surface area (Å²) in [7, 11) is 1.50. The number of anilines is 1. The van der Waals surface area contributed by atoms with Crippen LogP contribution >= 0.6 is 46.8 Å². The zero-order valence-electron chi connectivity index (χ0n) is 17.0. The van der Waals surface area contributed by atoms with Crippen LogP contribution in [0.5, 0.6) is 11.5 Å². The van der Waals surface area contributed by atoms with Gasteiger partial charge in [0.15, 0.2) is 21.1 Å². The fraction of sp³-hybridized carbons (Fsp3) is 0.0909. The molecule has 1 fully saturated rings. The van der Waals surface area contributed by atoms with Gasteiger partial charge in [-0.2, -0.15) is 0 Å². The second-order valence-electron chi connectivity index (χ2n) is 6.71. The van der Waals surface area contributed by atoms with Crippen molar-refractivity contribution in [3.05, 3.63) is 74.2 Å². The number of nitrogens with zero attached hydrogens (tertiary/aromatic N) is 2. The molecule has 0 bridgehead atoms. The highest BCUT2D eigenvalue weighted by Crippen LogP contribution is 2.31. The highest BCUT2D eigenvalue weighted by Gasteiger charge is 2.34. The highest BCUT2D eigenvalue weighted by atomic mass is 35.5. The largest absolute Gasteiger partial charge is 0.493 e. The second kappa shape index (κ2) is 9.88. The Morgan fingerprint density at radius 1 is 1.15 bits per heavy atom. The third-order valence-corrected chi connectivity index (χ3v) is 6.21. The van der Waals surface area contributed by atoms with Gasteiger partial charge in [0.25, 0.3) is 11.8 Å². The molecule has 1 aliphatic rings. The van der Waals surface area contributed by atoms with E-state index in [2.05, 4.69) is 10.3 Å². The lowest BCUT2D eigenvalue weighted by Crippen LogP contribution is -2.54. The molecule has 0 aliphatic carbocycles. The number of hydrogen-bond donors (Lipinski definition) is 1. The van der Waals surface area contributed by atoms with E-state index in [1.54, 1.807) is 48.7 Å². The van der Waals surface area contributed by atoms with E-state index in [0.29, 0.717) is 32.2 Å². The Bertz CT molecular complexity index is 1270. The topological polar surface area (TPSA) is 80.8 Å². The smallest absolute Gasteiger partial charge is 0.270 e. The van der Waals surface area contributed by atoms with Crippen LogP contribution in [0, 0.1) is 0 Å². The molecule has 2 aromatic carbocycles. The monoisotopic (exact) mass is 519 g/mol. The fourth-order valence-corrected chi connectivity index (χ4v) is 4.34. The quantitative estimate of drug-likeness (QED) is 0.284. The van der Waals surface area contributed by atoms with Crippen molar-refractivity contribution in [3.8, 4) is 11.5 Å². The molecule has 1 aliphatic heterocycles. The molecule has 2 amide bonds. The van der Waals surface area contributed by atoms with Crippen molar-refractivity contribution in [1.82, 2.24) is 10.3 Å². The first-order chi connectivity index (χ1) is 15.9. The second-order valence-corrected chi connectivity index (χ2v) is 9.23. The molecule has 3 aromatic rings. The first-order valence-corrected chi connectivity index (χ1v) is 11.4. The summed E-state index contributed by atoms with van der Waals surface area (Å²) in [4.78, 5) is 31.7. The van der Waals surface area contributed by atoms with E-state index in [1.807, 2.05) is 0 Å². The predicted molar refractivity (Wildman–Crippen MR) is 132 cm³/mol. The molecule has 11 heteroatoms. The summed E-state index contributed by atoms with van der Waals surface area (Å²) in [5.74, 6) is -0.203. The van der Waals surface area contributed by atoms with Gasteiger partial charge >= 0.3 is 0 Å². The van der Waals surface area contributed by atoms with Gasteiger partial charge in [0, 0.05) is 11.2 Å². The normalized spacial score (nSPS) is 15.1. The number of amides is 2. The van der Waals surface area contributed by atoms with Crippen LogP contribution in [0.15, 0.2) is 54.2 Å². The first kappa shape index (κ1) is 23.2. The molecule has 0 saturated carbocycles. The maximum Gasteiger partial charge on any atom is 0.270 e. The number of thiazole rings is 1. The van der Waals surface area contributed by atoms with Crippen molar-refractivity contribution < 1.29 is 19.1 Å². The third kappa shape index (κ3) is 5.17. The van der Waals surface area contributed by atoms with Gasteiger partial charge in [-0.1, -0.05) is 29.3 Å². The Balaban J connectivity index is 1.59. The van der Waals surface area contributed by atoms with Crippen LogP contribution in [0.1, 0.15) is 10.4 Å². The lowest BCUT2D eigenvalue weighted by Gasteiger charge is -2.29. The Morgan fingerprint density at radius 3 is 2.58 bits per heavy atom. The van der Waals surface area contributed by atoms with Gasteiger partial charge in [0.1, 0.15) is 12.2 Å². The molecule has 168 valence electrons. The summed E-state index contributed by atoms with van der Waals surface area (Å²) in [6, 6.07) is 11.6. The SMILES string of the molecule is COc1cc(/C=C2\C(=O)NC(=S)N(c3ccc(Cl)cc3)C2=O)ccc1OCc1cnc(Cl)s1. The van der Waals surface area contributed by atoms with Gasteiger partial charge in [0.2, 0.25) is 0 Å². The van der Waals surface area contributed by atoms with Crippen molar-refractivity contribution in [2.75, 3.05) is 12.0 Å². The Labute approximate surface area is 208 Å². The van der Waals surface area contributed by atoms with Gasteiger partial charge in [-0.05, 0) is 60.3 Å². The number of carbonyl (C=O) groups is 2. The van der Waals surface area contributed by atoms with E-state index in [0.717, 1.165) is 4.88 Å². The number of methoxy groups -OCH3 is 1. The standard InChI is InChI=1S/C22H15Cl2N3O4S2/c1-30-18-9-12(2-7-17(18)31-11-15-10-25-21(24)33-15)8-16-19(28)26-22(32)27(20(16)29)14-5-3-13(23)4-6-14/h2-10H,11H2,1H3,(H,26,28,32)/b16-8+. The molecular formula is C22H15Cl2N3O4S2. The number of carbonyl (C=O) groups excluding carboxylic acids is 2. The molecule has 0 radical (unpaired) electrons. The summed E-state index contributed by atoms with van der Waals surface area (Å²) in [6.45, 7) is 0.273. The molecule has 2 heterocycles. The van der Waals surface area contributed by atoms with Crippen molar-refractivity contribution in [3.63, 3.8) is 0 Å². The number of aromatic nitrogens is 1. The third-order valence-electron chi connectivity index (χ3n) is 4.58. The minimum atomic E-state index is -0.586. The van der Waals surface area contributed by atoms with Crippen LogP contribution in [-0.2, 0) is 16.2 Å². The molecule has 33 heavy (non-hydrogen) atoms. The van der Waals surface area contributed by atoms with Crippen LogP contribution < -0.4 is 19.7 Å². The number of rotatable bonds is 6. The summed E-state index contributed by atoms with van der Waals surface area (Å²) in [5, 5.41) is 3.06. The van der Waals surface area contributed by atoms with E-state index < -0.39 is 11.8 Å². The maximum atomic E-state index is 13.1. The zero-order chi connectivity index (χ0) is 23.5. The van der Waals surface area contributed by atoms with Crippen LogP contribution in [-0.4, -0.2) is 29.0 Å². The Morgan fingerprint density at radius 2 is 1.91 bits per heavy atom. The van der Waals surface area contributed by atoms with Crippen molar-refractivity contribution >= 4 is 75.4 Å². The number of ether oxygens (including phenoxy) is 2. The maximum absolute atomic E-state index is 13.1. The summed E-state index contributed by atoms with van der Waals surface area (Å²) >= 11 is 18.3. The Kier molecular flexibility index (Phi) is 6.94. The van der Waals surface area contributed by atoms with E-state index >= 15 is 0 Å². The number of benzene rings is 2. The van der Waals surface area contributed by atoms with E-state index in [-0.39, 0.29) is 17.3 Å². The number of halogens is 2. The number of nitrogens with one attached hydrogen (secondary N) is 1. The average molecular weight is 520 g/mol. The molecular weight excluding hydrogens is 505 g/mol. The first-order valence-electron chi connectivity index (χ1n) is 9.44. The van der Waals surface area contributed by atoms with E-state index in [1.165, 1.54) is 29.4 Å². The molecule has 1 N–H and O–H groups in total. The van der Waals surface area contributed by atoms with Gasteiger partial charge < -0.3 is 9.47 Å². The highest BCUT2D eigenvalue weighted by molar-refractivity contribution is 7.80. The average Bonchev–Trinajstić information content (AvgIpc) is 3.21. The molecule has 0 atom stereocenters. The zero-order valence-corrected chi connectivity index (χ0v) is 20.1. The van der Waals surface area contributed by atoms with E-state index in [4.69, 9.17) is 44.9 Å². The van der Waals surface area contributed by atoms with Crippen LogP contribution in [0.4, 0.5) is 5.69 Å². The van der Waals surface area contributed by atoms with Gasteiger partial charge in [-0.3, -0.25) is 19.8 Å². The van der Waals surface area contributed by atoms with Crippen LogP contribution in [0.2, 0.25) is 9.49 Å². The predicted octanol–water partition coefficient (Wildman–Crippen LogP) is 4.87. The molecule has 1 aromatic heterocycles. The number of hydrogen-bond acceptors (Lipinski definition) is 7. The molecule has 1 saturated heterocycles. The molecule has 7 nitrogen and oxygen atoms in total. The van der Waals surface area contributed by atoms with Gasteiger partial charge in [-0.25, -0.2) is 4.98 Å². The Hall–Kier alpha value is -2.98. The lowest BCUT2D eigenvalue weighted by molar-refractivity contribution is -0.122. The van der Waals surface area contributed by atoms with E-state index in [9.17, 15) is 9.59 Å². The van der Waals surface area contributed by atoms with Crippen molar-refractivity contribution in [2.24, 2.45) is 0 Å². The van der Waals surface area contributed by atoms with Crippen LogP contribution in [0.3, 0.4) is 0 Å². The van der Waals surface area contributed by atoms with Crippen LogP contribution in [0.25, 0.3) is 6.08 Å². The molecule has 0 spiro atoms. The fourth-order valence-electron chi connectivity index (χ4n) is 3.04. The summed E-state index contributed by atoms with van der Waals surface area (Å²) in [6.07, 6.45) is 3.11. The minimum absolute atomic E-state index is 0.00558. The molecule has 0 unspecified atom stereocenters. The van der Waals surface area contributed by atoms with Gasteiger partial charge in [-0.15, -0.1) is 11.3 Å². The van der Waals surface area contributed by atoms with Crippen molar-refractivity contribution in [1.29, 1.82) is 0 Å². The minimum Gasteiger partial charge on any atom is -0.493 e. The summed E-state index contributed by atoms with van der Waals surface area (Å²) < 4.78 is 11.7. The number of thiocarbonyl (C=S) groups is 1. The van der Waals surface area contributed by atoms with Crippen molar-refractivity contribution in [2.45, 2.75) is 6.61 Å². The lowest BCUT2D eigenvalue weighted by atomic mass is 10.1. The molecule has 4 rings (SSSR count). The van der Waals surface area contributed by atoms with Gasteiger partial charge in [0.05, 0.1) is 17.7 Å². The summed E-state index contributed by atoms with van der Waals surface area (Å²) in [5.41, 5.74) is 0.987.